The molecule has 0 radical (unpaired) electrons. The van der Waals surface area contributed by atoms with Crippen molar-refractivity contribution < 1.29 is 14.7 Å². The maximum absolute atomic E-state index is 12.1. The molecule has 8 heteroatoms. The number of pyridine rings is 1. The first-order valence-corrected chi connectivity index (χ1v) is 10.0. The predicted molar refractivity (Wildman–Crippen MR) is 122 cm³/mol. The van der Waals surface area contributed by atoms with E-state index in [1.165, 1.54) is 6.33 Å². The van der Waals surface area contributed by atoms with E-state index < -0.39 is 5.97 Å². The second kappa shape index (κ2) is 9.22. The van der Waals surface area contributed by atoms with E-state index >= 15 is 0 Å². The molecule has 0 saturated heterocycles. The Balaban J connectivity index is 1.48. The van der Waals surface area contributed by atoms with Crippen LogP contribution in [0.4, 0.5) is 5.82 Å². The number of carboxylic acids is 1. The number of nitrogens with zero attached hydrogens (tertiary/aromatic N) is 3. The predicted octanol–water partition coefficient (Wildman–Crippen LogP) is 3.40. The lowest BCUT2D eigenvalue weighted by molar-refractivity contribution is 0.0696. The molecule has 0 fully saturated rings. The molecular weight excluding hydrogens is 406 g/mol. The van der Waals surface area contributed by atoms with Crippen LogP contribution in [0.15, 0.2) is 67.1 Å². The van der Waals surface area contributed by atoms with Crippen molar-refractivity contribution in [3.63, 3.8) is 0 Å². The molecule has 4 aromatic rings. The molecule has 3 N–H and O–H groups in total. The van der Waals surface area contributed by atoms with Crippen molar-refractivity contribution in [2.75, 3.05) is 18.9 Å². The van der Waals surface area contributed by atoms with Crippen molar-refractivity contribution in [1.29, 1.82) is 0 Å². The van der Waals surface area contributed by atoms with Crippen molar-refractivity contribution >= 4 is 28.6 Å². The summed E-state index contributed by atoms with van der Waals surface area (Å²) in [5.41, 5.74) is 4.16. The number of hydrogen-bond donors (Lipinski definition) is 3. The van der Waals surface area contributed by atoms with Gasteiger partial charge < -0.3 is 15.7 Å². The van der Waals surface area contributed by atoms with Gasteiger partial charge in [0.1, 0.15) is 12.1 Å². The third-order valence-corrected chi connectivity index (χ3v) is 5.12. The van der Waals surface area contributed by atoms with Crippen LogP contribution >= 0.6 is 0 Å². The Morgan fingerprint density at radius 3 is 2.56 bits per heavy atom. The normalized spacial score (nSPS) is 10.7. The van der Waals surface area contributed by atoms with Gasteiger partial charge in [-0.15, -0.1) is 0 Å². The minimum atomic E-state index is -0.966. The van der Waals surface area contributed by atoms with Crippen LogP contribution in [0.3, 0.4) is 0 Å². The standard InChI is InChI=1S/C24H21N5O3/c1-25-23(30)19-10-12-27-22-16(3-2-4-18(19)22)9-11-26-21-13-20(28-14-29-21)15-5-7-17(8-6-15)24(31)32/h2-8,10,12-14H,9,11H2,1H3,(H,25,30)(H,31,32)(H,26,28,29). The quantitative estimate of drug-likeness (QED) is 0.414. The van der Waals surface area contributed by atoms with Crippen LogP contribution in [-0.2, 0) is 6.42 Å². The van der Waals surface area contributed by atoms with Crippen LogP contribution in [-0.4, -0.2) is 45.5 Å². The molecule has 1 amide bonds. The largest absolute Gasteiger partial charge is 0.478 e. The van der Waals surface area contributed by atoms with Crippen molar-refractivity contribution in [2.24, 2.45) is 0 Å². The molecule has 0 aliphatic carbocycles. The van der Waals surface area contributed by atoms with Crippen LogP contribution in [0, 0.1) is 0 Å². The number of amides is 1. The number of carbonyl (C=O) groups excluding carboxylic acids is 1. The summed E-state index contributed by atoms with van der Waals surface area (Å²) in [6.07, 6.45) is 3.81. The molecule has 0 saturated carbocycles. The van der Waals surface area contributed by atoms with Crippen LogP contribution < -0.4 is 10.6 Å². The van der Waals surface area contributed by atoms with Crippen molar-refractivity contribution in [1.82, 2.24) is 20.3 Å². The molecule has 2 heterocycles. The number of carbonyl (C=O) groups is 2. The van der Waals surface area contributed by atoms with Gasteiger partial charge in [-0.3, -0.25) is 9.78 Å². The monoisotopic (exact) mass is 427 g/mol. The summed E-state index contributed by atoms with van der Waals surface area (Å²) in [5.74, 6) is -0.443. The second-order valence-corrected chi connectivity index (χ2v) is 7.10. The van der Waals surface area contributed by atoms with E-state index in [0.717, 1.165) is 22.0 Å². The maximum atomic E-state index is 12.1. The Bertz CT molecular complexity index is 1290. The van der Waals surface area contributed by atoms with Gasteiger partial charge in [0.25, 0.3) is 5.91 Å². The Morgan fingerprint density at radius 1 is 1.00 bits per heavy atom. The fourth-order valence-electron chi connectivity index (χ4n) is 3.49. The van der Waals surface area contributed by atoms with Gasteiger partial charge in [-0.2, -0.15) is 0 Å². The number of carboxylic acid groups (broad SMARTS) is 1. The zero-order valence-electron chi connectivity index (χ0n) is 17.4. The first-order valence-electron chi connectivity index (χ1n) is 10.0. The Labute approximate surface area is 184 Å². The van der Waals surface area contributed by atoms with Gasteiger partial charge in [0.2, 0.25) is 0 Å². The summed E-state index contributed by atoms with van der Waals surface area (Å²) < 4.78 is 0. The lowest BCUT2D eigenvalue weighted by Crippen LogP contribution is -2.18. The van der Waals surface area contributed by atoms with Crippen molar-refractivity contribution in [2.45, 2.75) is 6.42 Å². The average molecular weight is 427 g/mol. The minimum absolute atomic E-state index is 0.141. The highest BCUT2D eigenvalue weighted by molar-refractivity contribution is 6.06. The fourth-order valence-corrected chi connectivity index (χ4v) is 3.49. The number of rotatable bonds is 7. The Kier molecular flexibility index (Phi) is 6.03. The number of benzene rings is 2. The molecule has 0 aliphatic rings. The number of fused-ring (bicyclic) bond motifs is 1. The lowest BCUT2D eigenvalue weighted by Gasteiger charge is -2.10. The summed E-state index contributed by atoms with van der Waals surface area (Å²) in [6.45, 7) is 0.611. The average Bonchev–Trinajstić information content (AvgIpc) is 2.83. The van der Waals surface area contributed by atoms with Gasteiger partial charge in [-0.25, -0.2) is 14.8 Å². The summed E-state index contributed by atoms with van der Waals surface area (Å²) in [5, 5.41) is 15.8. The number of para-hydroxylation sites is 1. The van der Waals surface area contributed by atoms with Gasteiger partial charge in [0.15, 0.2) is 0 Å². The molecule has 8 nitrogen and oxygen atoms in total. The molecule has 0 bridgehead atoms. The van der Waals surface area contributed by atoms with Crippen LogP contribution in [0.2, 0.25) is 0 Å². The highest BCUT2D eigenvalue weighted by Gasteiger charge is 2.11. The van der Waals surface area contributed by atoms with Gasteiger partial charge in [0.05, 0.1) is 22.3 Å². The first kappa shape index (κ1) is 20.9. The number of hydrogen-bond acceptors (Lipinski definition) is 6. The van der Waals surface area contributed by atoms with Gasteiger partial charge in [-0.05, 0) is 30.2 Å². The molecule has 4 rings (SSSR count). The third kappa shape index (κ3) is 4.39. The first-order chi connectivity index (χ1) is 15.6. The van der Waals surface area contributed by atoms with Gasteiger partial charge in [-0.1, -0.05) is 30.3 Å². The number of aromatic nitrogens is 3. The summed E-state index contributed by atoms with van der Waals surface area (Å²) in [6, 6.07) is 15.9. The smallest absolute Gasteiger partial charge is 0.335 e. The summed E-state index contributed by atoms with van der Waals surface area (Å²) in [7, 11) is 1.61. The molecule has 0 spiro atoms. The lowest BCUT2D eigenvalue weighted by atomic mass is 10.0. The molecule has 2 aromatic carbocycles. The van der Waals surface area contributed by atoms with Crippen LogP contribution in [0.5, 0.6) is 0 Å². The Morgan fingerprint density at radius 2 is 1.81 bits per heavy atom. The van der Waals surface area contributed by atoms with Gasteiger partial charge in [0, 0.05) is 36.8 Å². The SMILES string of the molecule is CNC(=O)c1ccnc2c(CCNc3cc(-c4ccc(C(=O)O)cc4)ncn3)cccc12. The molecule has 0 atom stereocenters. The number of anilines is 1. The molecule has 0 unspecified atom stereocenters. The molecular formula is C24H21N5O3. The van der Waals surface area contributed by atoms with E-state index in [1.807, 2.05) is 24.3 Å². The molecule has 160 valence electrons. The van der Waals surface area contributed by atoms with Crippen LogP contribution in [0.1, 0.15) is 26.3 Å². The second-order valence-electron chi connectivity index (χ2n) is 7.10. The third-order valence-electron chi connectivity index (χ3n) is 5.12. The van der Waals surface area contributed by atoms with E-state index in [2.05, 4.69) is 25.6 Å². The molecule has 2 aromatic heterocycles. The van der Waals surface area contributed by atoms with E-state index in [0.29, 0.717) is 30.0 Å². The highest BCUT2D eigenvalue weighted by Crippen LogP contribution is 2.22. The topological polar surface area (TPSA) is 117 Å². The fraction of sp³-hybridized carbons (Fsp3) is 0.125. The van der Waals surface area contributed by atoms with Crippen LogP contribution in [0.25, 0.3) is 22.2 Å². The van der Waals surface area contributed by atoms with Crippen molar-refractivity contribution in [3.8, 4) is 11.3 Å². The zero-order valence-corrected chi connectivity index (χ0v) is 17.4. The maximum Gasteiger partial charge on any atom is 0.335 e. The number of aromatic carboxylic acids is 1. The molecule has 0 aliphatic heterocycles. The summed E-state index contributed by atoms with van der Waals surface area (Å²) >= 11 is 0. The zero-order chi connectivity index (χ0) is 22.5. The number of nitrogens with one attached hydrogen (secondary N) is 2. The van der Waals surface area contributed by atoms with E-state index in [1.54, 1.807) is 43.6 Å². The van der Waals surface area contributed by atoms with E-state index in [9.17, 15) is 9.59 Å². The van der Waals surface area contributed by atoms with E-state index in [-0.39, 0.29) is 11.5 Å². The minimum Gasteiger partial charge on any atom is -0.478 e. The van der Waals surface area contributed by atoms with E-state index in [4.69, 9.17) is 5.11 Å². The highest BCUT2D eigenvalue weighted by atomic mass is 16.4. The van der Waals surface area contributed by atoms with Gasteiger partial charge >= 0.3 is 5.97 Å². The Hall–Kier alpha value is -4.33. The summed E-state index contributed by atoms with van der Waals surface area (Å²) in [4.78, 5) is 36.2. The van der Waals surface area contributed by atoms with Crippen molar-refractivity contribution in [3.05, 3.63) is 83.8 Å². The molecule has 32 heavy (non-hydrogen) atoms.